The summed E-state index contributed by atoms with van der Waals surface area (Å²) >= 11 is 0. The largest absolute Gasteiger partial charge is 0.478 e. The van der Waals surface area contributed by atoms with Crippen molar-refractivity contribution in [3.05, 3.63) is 102 Å². The van der Waals surface area contributed by atoms with Crippen LogP contribution in [0, 0.1) is 0 Å². The number of benzene rings is 2. The van der Waals surface area contributed by atoms with E-state index in [0.29, 0.717) is 12.1 Å². The Morgan fingerprint density at radius 2 is 1.77 bits per heavy atom. The summed E-state index contributed by atoms with van der Waals surface area (Å²) < 4.78 is 1.76. The Morgan fingerprint density at radius 1 is 1.00 bits per heavy atom. The molecule has 0 radical (unpaired) electrons. The van der Waals surface area contributed by atoms with E-state index < -0.39 is 5.97 Å². The van der Waals surface area contributed by atoms with Gasteiger partial charge in [-0.05, 0) is 35.4 Å². The van der Waals surface area contributed by atoms with E-state index in [0.717, 1.165) is 29.2 Å². The van der Waals surface area contributed by atoms with E-state index in [2.05, 4.69) is 39.2 Å². The van der Waals surface area contributed by atoms with Gasteiger partial charge in [-0.15, -0.1) is 0 Å². The van der Waals surface area contributed by atoms with Crippen molar-refractivity contribution in [2.24, 2.45) is 0 Å². The Hall–Kier alpha value is -3.93. The highest BCUT2D eigenvalue weighted by molar-refractivity contribution is 5.89. The van der Waals surface area contributed by atoms with E-state index in [1.807, 2.05) is 49.6 Å². The number of rotatable bonds is 7. The Bertz CT molecular complexity index is 1140. The van der Waals surface area contributed by atoms with E-state index in [9.17, 15) is 9.90 Å². The molecule has 0 atom stereocenters. The highest BCUT2D eigenvalue weighted by Gasteiger charge is 2.11. The number of carbonyl (C=O) groups is 1. The summed E-state index contributed by atoms with van der Waals surface area (Å²) in [6, 6.07) is 23.1. The molecule has 0 saturated carbocycles. The van der Waals surface area contributed by atoms with Gasteiger partial charge in [0, 0.05) is 31.5 Å². The molecule has 2 heterocycles. The smallest absolute Gasteiger partial charge is 0.336 e. The van der Waals surface area contributed by atoms with E-state index in [-0.39, 0.29) is 0 Å². The molecule has 0 amide bonds. The molecule has 0 unspecified atom stereocenters. The van der Waals surface area contributed by atoms with Gasteiger partial charge in [0.1, 0.15) is 5.82 Å². The lowest BCUT2D eigenvalue weighted by Gasteiger charge is -2.18. The van der Waals surface area contributed by atoms with Crippen molar-refractivity contribution in [3.63, 3.8) is 0 Å². The van der Waals surface area contributed by atoms with E-state index in [1.54, 1.807) is 23.0 Å². The molecular formula is C24H22N4O2. The fourth-order valence-electron chi connectivity index (χ4n) is 3.36. The molecule has 0 fully saturated rings. The molecule has 30 heavy (non-hydrogen) atoms. The third-order valence-corrected chi connectivity index (χ3v) is 4.93. The second-order valence-electron chi connectivity index (χ2n) is 7.10. The Morgan fingerprint density at radius 3 is 2.50 bits per heavy atom. The first-order chi connectivity index (χ1) is 14.6. The van der Waals surface area contributed by atoms with Crippen LogP contribution < -0.4 is 4.90 Å². The van der Waals surface area contributed by atoms with Crippen LogP contribution in [0.15, 0.2) is 85.2 Å². The maximum atomic E-state index is 11.4. The zero-order valence-electron chi connectivity index (χ0n) is 16.6. The molecule has 150 valence electrons. The van der Waals surface area contributed by atoms with Crippen molar-refractivity contribution in [3.8, 4) is 11.3 Å². The van der Waals surface area contributed by atoms with Crippen LogP contribution in [0.5, 0.6) is 0 Å². The number of pyridine rings is 1. The number of hydrogen-bond acceptors (Lipinski definition) is 4. The third-order valence-electron chi connectivity index (χ3n) is 4.93. The van der Waals surface area contributed by atoms with Crippen LogP contribution in [0.4, 0.5) is 5.82 Å². The van der Waals surface area contributed by atoms with Crippen LogP contribution in [-0.4, -0.2) is 32.9 Å². The molecule has 0 saturated heterocycles. The minimum atomic E-state index is -0.927. The topological polar surface area (TPSA) is 71.2 Å². The minimum Gasteiger partial charge on any atom is -0.478 e. The molecule has 0 aliphatic heterocycles. The van der Waals surface area contributed by atoms with Crippen molar-refractivity contribution in [1.29, 1.82) is 0 Å². The molecule has 6 heteroatoms. The molecule has 1 N–H and O–H groups in total. The van der Waals surface area contributed by atoms with Crippen LogP contribution in [-0.2, 0) is 13.1 Å². The van der Waals surface area contributed by atoms with Gasteiger partial charge in [0.2, 0.25) is 0 Å². The SMILES string of the molecule is CN(Cc1ccc(-c2ccn(Cc3ccccc3C(=O)O)n2)cc1)c1ccccn1. The lowest BCUT2D eigenvalue weighted by atomic mass is 10.1. The molecule has 2 aromatic carbocycles. The highest BCUT2D eigenvalue weighted by atomic mass is 16.4. The zero-order chi connectivity index (χ0) is 20.9. The highest BCUT2D eigenvalue weighted by Crippen LogP contribution is 2.20. The molecular weight excluding hydrogens is 376 g/mol. The van der Waals surface area contributed by atoms with E-state index in [4.69, 9.17) is 0 Å². The summed E-state index contributed by atoms with van der Waals surface area (Å²) in [4.78, 5) is 17.9. The predicted molar refractivity (Wildman–Crippen MR) is 117 cm³/mol. The van der Waals surface area contributed by atoms with Gasteiger partial charge in [0.25, 0.3) is 0 Å². The number of anilines is 1. The van der Waals surface area contributed by atoms with Gasteiger partial charge in [-0.3, -0.25) is 4.68 Å². The van der Waals surface area contributed by atoms with Crippen LogP contribution in [0.2, 0.25) is 0 Å². The second kappa shape index (κ2) is 8.61. The first-order valence-corrected chi connectivity index (χ1v) is 9.66. The Kier molecular flexibility index (Phi) is 5.57. The normalized spacial score (nSPS) is 10.7. The summed E-state index contributed by atoms with van der Waals surface area (Å²) in [5, 5.41) is 14.0. The summed E-state index contributed by atoms with van der Waals surface area (Å²) in [7, 11) is 2.02. The quantitative estimate of drug-likeness (QED) is 0.502. The molecule has 4 aromatic rings. The van der Waals surface area contributed by atoms with Gasteiger partial charge in [-0.1, -0.05) is 48.5 Å². The summed E-state index contributed by atoms with van der Waals surface area (Å²) in [5.41, 5.74) is 4.09. The average Bonchev–Trinajstić information content (AvgIpc) is 3.23. The van der Waals surface area contributed by atoms with Gasteiger partial charge in [0.15, 0.2) is 0 Å². The number of aromatic carboxylic acids is 1. The second-order valence-corrected chi connectivity index (χ2v) is 7.10. The molecule has 0 spiro atoms. The number of hydrogen-bond donors (Lipinski definition) is 1. The van der Waals surface area contributed by atoms with Gasteiger partial charge in [-0.2, -0.15) is 5.10 Å². The summed E-state index contributed by atoms with van der Waals surface area (Å²) in [5.74, 6) is 0.00574. The van der Waals surface area contributed by atoms with Gasteiger partial charge >= 0.3 is 5.97 Å². The van der Waals surface area contributed by atoms with Crippen molar-refractivity contribution >= 4 is 11.8 Å². The Labute approximate surface area is 175 Å². The van der Waals surface area contributed by atoms with Crippen LogP contribution in [0.25, 0.3) is 11.3 Å². The molecule has 6 nitrogen and oxygen atoms in total. The van der Waals surface area contributed by atoms with E-state index >= 15 is 0 Å². The van der Waals surface area contributed by atoms with Crippen LogP contribution >= 0.6 is 0 Å². The van der Waals surface area contributed by atoms with Crippen LogP contribution in [0.1, 0.15) is 21.5 Å². The van der Waals surface area contributed by atoms with Crippen molar-refractivity contribution < 1.29 is 9.90 Å². The monoisotopic (exact) mass is 398 g/mol. The lowest BCUT2D eigenvalue weighted by Crippen LogP contribution is -2.17. The fourth-order valence-corrected chi connectivity index (χ4v) is 3.36. The van der Waals surface area contributed by atoms with E-state index in [1.165, 1.54) is 5.56 Å². The zero-order valence-corrected chi connectivity index (χ0v) is 16.6. The standard InChI is InChI=1S/C24H22N4O2/c1-27(23-8-4-5-14-25-23)16-18-9-11-19(12-10-18)22-13-15-28(26-22)17-20-6-2-3-7-21(20)24(29)30/h2-15H,16-17H2,1H3,(H,29,30). The third kappa shape index (κ3) is 4.38. The number of nitrogens with zero attached hydrogens (tertiary/aromatic N) is 4. The van der Waals surface area contributed by atoms with Crippen LogP contribution in [0.3, 0.4) is 0 Å². The minimum absolute atomic E-state index is 0.302. The molecule has 0 aliphatic rings. The summed E-state index contributed by atoms with van der Waals surface area (Å²) in [6.07, 6.45) is 3.66. The maximum absolute atomic E-state index is 11.4. The molecule has 0 bridgehead atoms. The van der Waals surface area contributed by atoms with Gasteiger partial charge in [-0.25, -0.2) is 9.78 Å². The lowest BCUT2D eigenvalue weighted by molar-refractivity contribution is 0.0695. The first kappa shape index (κ1) is 19.4. The van der Waals surface area contributed by atoms with Gasteiger partial charge in [0.05, 0.1) is 17.8 Å². The fraction of sp³-hybridized carbons (Fsp3) is 0.125. The van der Waals surface area contributed by atoms with Crippen molar-refractivity contribution in [2.45, 2.75) is 13.1 Å². The summed E-state index contributed by atoms with van der Waals surface area (Å²) in [6.45, 7) is 1.17. The van der Waals surface area contributed by atoms with Crippen molar-refractivity contribution in [2.75, 3.05) is 11.9 Å². The van der Waals surface area contributed by atoms with Crippen molar-refractivity contribution in [1.82, 2.24) is 14.8 Å². The number of aromatic nitrogens is 3. The molecule has 2 aromatic heterocycles. The molecule has 0 aliphatic carbocycles. The maximum Gasteiger partial charge on any atom is 0.336 e. The van der Waals surface area contributed by atoms with Gasteiger partial charge < -0.3 is 10.0 Å². The predicted octanol–water partition coefficient (Wildman–Crippen LogP) is 4.33. The Balaban J connectivity index is 1.46. The number of carboxylic acid groups (broad SMARTS) is 1. The number of carboxylic acids is 1. The average molecular weight is 398 g/mol. The molecule has 4 rings (SSSR count). The first-order valence-electron chi connectivity index (χ1n) is 9.66.